The van der Waals surface area contributed by atoms with E-state index in [-0.39, 0.29) is 11.9 Å². The first-order valence-corrected chi connectivity index (χ1v) is 10.4. The molecular weight excluding hydrogens is 414 g/mol. The smallest absolute Gasteiger partial charge is 0.342 e. The van der Waals surface area contributed by atoms with Crippen LogP contribution in [0.4, 0.5) is 10.5 Å². The molecule has 1 N–H and O–H groups in total. The number of amides is 2. The highest BCUT2D eigenvalue weighted by molar-refractivity contribution is 6.30. The number of hydrazone groups is 1. The van der Waals surface area contributed by atoms with Crippen molar-refractivity contribution in [2.75, 3.05) is 25.1 Å². The molecule has 0 fully saturated rings. The summed E-state index contributed by atoms with van der Waals surface area (Å²) in [5.74, 6) is 1.27. The van der Waals surface area contributed by atoms with Crippen molar-refractivity contribution in [2.24, 2.45) is 5.10 Å². The standard InChI is InChI=1S/C24H20ClN3O3/c25-18-8-6-17(7-9-18)23-20(16-4-2-1-3-5-16)15-28(27-23)24(29)26-19-10-11-21-22(14-19)31-13-12-30-21/h1-11,14,20H,12-13,15H2,(H,26,29). The van der Waals surface area contributed by atoms with Gasteiger partial charge in [0.1, 0.15) is 13.2 Å². The van der Waals surface area contributed by atoms with Crippen LogP contribution in [0, 0.1) is 0 Å². The van der Waals surface area contributed by atoms with Gasteiger partial charge in [0.25, 0.3) is 0 Å². The molecule has 0 saturated carbocycles. The van der Waals surface area contributed by atoms with E-state index in [9.17, 15) is 4.79 Å². The van der Waals surface area contributed by atoms with Gasteiger partial charge in [-0.25, -0.2) is 9.80 Å². The van der Waals surface area contributed by atoms with Crippen LogP contribution in [-0.2, 0) is 0 Å². The Morgan fingerprint density at radius 3 is 2.48 bits per heavy atom. The molecule has 1 unspecified atom stereocenters. The lowest BCUT2D eigenvalue weighted by Crippen LogP contribution is -2.30. The third-order valence-corrected chi connectivity index (χ3v) is 5.54. The molecular formula is C24H20ClN3O3. The third-order valence-electron chi connectivity index (χ3n) is 5.28. The Morgan fingerprint density at radius 1 is 0.968 bits per heavy atom. The van der Waals surface area contributed by atoms with Crippen LogP contribution >= 0.6 is 11.6 Å². The highest BCUT2D eigenvalue weighted by atomic mass is 35.5. The average molecular weight is 434 g/mol. The topological polar surface area (TPSA) is 63.2 Å². The van der Waals surface area contributed by atoms with Crippen molar-refractivity contribution in [2.45, 2.75) is 5.92 Å². The molecule has 7 heteroatoms. The van der Waals surface area contributed by atoms with Gasteiger partial charge in [0, 0.05) is 22.7 Å². The first-order chi connectivity index (χ1) is 15.2. The summed E-state index contributed by atoms with van der Waals surface area (Å²) in [5.41, 5.74) is 3.50. The molecule has 3 aromatic carbocycles. The van der Waals surface area contributed by atoms with E-state index in [1.807, 2.05) is 42.5 Å². The lowest BCUT2D eigenvalue weighted by atomic mass is 9.91. The number of urea groups is 1. The molecule has 3 aromatic rings. The maximum Gasteiger partial charge on any atom is 0.342 e. The number of nitrogens with zero attached hydrogens (tertiary/aromatic N) is 2. The van der Waals surface area contributed by atoms with Crippen LogP contribution in [0.3, 0.4) is 0 Å². The van der Waals surface area contributed by atoms with Crippen LogP contribution < -0.4 is 14.8 Å². The maximum absolute atomic E-state index is 13.0. The molecule has 0 saturated heterocycles. The van der Waals surface area contributed by atoms with Gasteiger partial charge in [-0.1, -0.05) is 54.1 Å². The van der Waals surface area contributed by atoms with Crippen molar-refractivity contribution in [3.63, 3.8) is 0 Å². The van der Waals surface area contributed by atoms with Crippen LogP contribution in [0.15, 0.2) is 77.9 Å². The van der Waals surface area contributed by atoms with Crippen molar-refractivity contribution >= 4 is 29.0 Å². The number of anilines is 1. The van der Waals surface area contributed by atoms with Gasteiger partial charge in [-0.15, -0.1) is 0 Å². The monoisotopic (exact) mass is 433 g/mol. The summed E-state index contributed by atoms with van der Waals surface area (Å²) in [5, 5.41) is 9.71. The quantitative estimate of drug-likeness (QED) is 0.621. The van der Waals surface area contributed by atoms with E-state index in [2.05, 4.69) is 22.6 Å². The summed E-state index contributed by atoms with van der Waals surface area (Å²) >= 11 is 6.06. The Morgan fingerprint density at radius 2 is 1.71 bits per heavy atom. The fraction of sp³-hybridized carbons (Fsp3) is 0.167. The van der Waals surface area contributed by atoms with E-state index in [0.717, 1.165) is 16.8 Å². The molecule has 2 heterocycles. The predicted octanol–water partition coefficient (Wildman–Crippen LogP) is 5.15. The normalized spacial score (nSPS) is 17.3. The summed E-state index contributed by atoms with van der Waals surface area (Å²) in [6.07, 6.45) is 0. The summed E-state index contributed by atoms with van der Waals surface area (Å²) in [4.78, 5) is 13.0. The van der Waals surface area contributed by atoms with Crippen molar-refractivity contribution in [1.29, 1.82) is 0 Å². The van der Waals surface area contributed by atoms with Crippen LogP contribution in [-0.4, -0.2) is 36.5 Å². The summed E-state index contributed by atoms with van der Waals surface area (Å²) in [6, 6.07) is 22.6. The van der Waals surface area contributed by atoms with Crippen molar-refractivity contribution < 1.29 is 14.3 Å². The molecule has 0 aliphatic carbocycles. The van der Waals surface area contributed by atoms with Crippen molar-refractivity contribution in [3.05, 3.63) is 88.9 Å². The fourth-order valence-electron chi connectivity index (χ4n) is 3.77. The van der Waals surface area contributed by atoms with Crippen LogP contribution in [0.2, 0.25) is 5.02 Å². The average Bonchev–Trinajstić information content (AvgIpc) is 3.26. The Bertz CT molecular complexity index is 1130. The summed E-state index contributed by atoms with van der Waals surface area (Å²) < 4.78 is 11.1. The molecule has 0 bridgehead atoms. The molecule has 2 aliphatic heterocycles. The van der Waals surface area contributed by atoms with Gasteiger partial charge >= 0.3 is 6.03 Å². The van der Waals surface area contributed by atoms with Gasteiger partial charge < -0.3 is 14.8 Å². The second-order valence-corrected chi connectivity index (χ2v) is 7.76. The molecule has 2 aliphatic rings. The largest absolute Gasteiger partial charge is 0.486 e. The third kappa shape index (κ3) is 4.07. The number of benzene rings is 3. The molecule has 0 aromatic heterocycles. The van der Waals surface area contributed by atoms with Gasteiger partial charge in [0.2, 0.25) is 0 Å². The maximum atomic E-state index is 13.0. The van der Waals surface area contributed by atoms with Gasteiger partial charge in [-0.2, -0.15) is 5.10 Å². The second kappa shape index (κ2) is 8.32. The Kier molecular flexibility index (Phi) is 5.22. The number of nitrogens with one attached hydrogen (secondary N) is 1. The number of carbonyl (C=O) groups is 1. The van der Waals surface area contributed by atoms with Gasteiger partial charge in [-0.3, -0.25) is 0 Å². The van der Waals surface area contributed by atoms with Gasteiger partial charge in [0.15, 0.2) is 11.5 Å². The minimum Gasteiger partial charge on any atom is -0.486 e. The lowest BCUT2D eigenvalue weighted by molar-refractivity contribution is 0.171. The molecule has 6 nitrogen and oxygen atoms in total. The summed E-state index contributed by atoms with van der Waals surface area (Å²) in [7, 11) is 0. The number of hydrogen-bond donors (Lipinski definition) is 1. The SMILES string of the molecule is O=C(Nc1ccc2c(c1)OCCO2)N1CC(c2ccccc2)C(c2ccc(Cl)cc2)=N1. The molecule has 156 valence electrons. The van der Waals surface area contributed by atoms with Crippen LogP contribution in [0.1, 0.15) is 17.0 Å². The van der Waals surface area contributed by atoms with E-state index in [0.29, 0.717) is 42.0 Å². The predicted molar refractivity (Wildman–Crippen MR) is 120 cm³/mol. The van der Waals surface area contributed by atoms with E-state index in [4.69, 9.17) is 21.1 Å². The zero-order valence-electron chi connectivity index (χ0n) is 16.6. The number of ether oxygens (including phenoxy) is 2. The number of halogens is 1. The minimum atomic E-state index is -0.304. The van der Waals surface area contributed by atoms with Crippen LogP contribution in [0.25, 0.3) is 0 Å². The summed E-state index contributed by atoms with van der Waals surface area (Å²) in [6.45, 7) is 1.46. The van der Waals surface area contributed by atoms with Crippen molar-refractivity contribution in [3.8, 4) is 11.5 Å². The van der Waals surface area contributed by atoms with Gasteiger partial charge in [0.05, 0.1) is 12.3 Å². The molecule has 5 rings (SSSR count). The molecule has 0 radical (unpaired) electrons. The fourth-order valence-corrected chi connectivity index (χ4v) is 3.89. The number of carbonyl (C=O) groups excluding carboxylic acids is 1. The van der Waals surface area contributed by atoms with E-state index >= 15 is 0 Å². The van der Waals surface area contributed by atoms with Crippen molar-refractivity contribution in [1.82, 2.24) is 5.01 Å². The second-order valence-electron chi connectivity index (χ2n) is 7.33. The number of rotatable bonds is 3. The Balaban J connectivity index is 1.41. The highest BCUT2D eigenvalue weighted by Gasteiger charge is 2.32. The van der Waals surface area contributed by atoms with E-state index in [1.54, 1.807) is 18.2 Å². The first kappa shape index (κ1) is 19.5. The zero-order chi connectivity index (χ0) is 21.2. The lowest BCUT2D eigenvalue weighted by Gasteiger charge is -2.20. The van der Waals surface area contributed by atoms with Gasteiger partial charge in [-0.05, 0) is 35.4 Å². The van der Waals surface area contributed by atoms with Crippen LogP contribution in [0.5, 0.6) is 11.5 Å². The minimum absolute atomic E-state index is 0.0339. The number of hydrogen-bond acceptors (Lipinski definition) is 4. The molecule has 2 amide bonds. The first-order valence-electron chi connectivity index (χ1n) is 10.0. The van der Waals surface area contributed by atoms with E-state index < -0.39 is 0 Å². The molecule has 31 heavy (non-hydrogen) atoms. The number of fused-ring (bicyclic) bond motifs is 1. The molecule has 0 spiro atoms. The molecule has 1 atom stereocenters. The zero-order valence-corrected chi connectivity index (χ0v) is 17.4. The van der Waals surface area contributed by atoms with E-state index in [1.165, 1.54) is 5.01 Å². The Hall–Kier alpha value is -3.51. The Labute approximate surface area is 185 Å². The highest BCUT2D eigenvalue weighted by Crippen LogP contribution is 2.33.